The van der Waals surface area contributed by atoms with E-state index in [0.29, 0.717) is 25.9 Å². The third-order valence-electron chi connectivity index (χ3n) is 4.17. The summed E-state index contributed by atoms with van der Waals surface area (Å²) in [7, 11) is -3.41. The molecule has 20 heavy (non-hydrogen) atoms. The summed E-state index contributed by atoms with van der Waals surface area (Å²) in [6.07, 6.45) is 5.84. The molecule has 0 aromatic heterocycles. The van der Waals surface area contributed by atoms with Gasteiger partial charge in [0.1, 0.15) is 0 Å². The van der Waals surface area contributed by atoms with Gasteiger partial charge in [0, 0.05) is 24.4 Å². The van der Waals surface area contributed by atoms with Crippen molar-refractivity contribution >= 4 is 27.8 Å². The van der Waals surface area contributed by atoms with Gasteiger partial charge in [0.05, 0.1) is 5.75 Å². The van der Waals surface area contributed by atoms with Crippen LogP contribution in [0.2, 0.25) is 0 Å². The Morgan fingerprint density at radius 1 is 1.40 bits per heavy atom. The summed E-state index contributed by atoms with van der Waals surface area (Å²) in [5.74, 6) is 0.105. The van der Waals surface area contributed by atoms with E-state index in [9.17, 15) is 13.2 Å². The van der Waals surface area contributed by atoms with Crippen LogP contribution >= 0.6 is 11.8 Å². The number of likely N-dealkylation sites (tertiary alicyclic amines) is 1. The van der Waals surface area contributed by atoms with Gasteiger partial charge < -0.3 is 10.2 Å². The third-order valence-corrected chi connectivity index (χ3v) is 6.53. The van der Waals surface area contributed by atoms with E-state index in [1.807, 2.05) is 11.8 Å². The van der Waals surface area contributed by atoms with Gasteiger partial charge in [0.15, 0.2) is 0 Å². The molecule has 0 aromatic carbocycles. The summed E-state index contributed by atoms with van der Waals surface area (Å²) >= 11 is 1.82. The number of hydrogen-bond donors (Lipinski definition) is 2. The maximum atomic E-state index is 12.0. The minimum absolute atomic E-state index is 0.0258. The molecule has 1 saturated heterocycles. The van der Waals surface area contributed by atoms with Crippen molar-refractivity contribution in [2.75, 3.05) is 31.6 Å². The average Bonchev–Trinajstić information content (AvgIpc) is 3.16. The van der Waals surface area contributed by atoms with Gasteiger partial charge in [-0.15, -0.1) is 0 Å². The van der Waals surface area contributed by atoms with Crippen molar-refractivity contribution in [3.63, 3.8) is 0 Å². The lowest BCUT2D eigenvalue weighted by Crippen LogP contribution is -2.47. The molecule has 1 saturated carbocycles. The molecule has 2 aliphatic rings. The Bertz CT molecular complexity index is 455. The van der Waals surface area contributed by atoms with E-state index in [1.54, 1.807) is 4.90 Å². The van der Waals surface area contributed by atoms with Crippen LogP contribution < -0.4 is 10.5 Å². The van der Waals surface area contributed by atoms with E-state index in [-0.39, 0.29) is 22.4 Å². The van der Waals surface area contributed by atoms with Crippen LogP contribution in [0.3, 0.4) is 0 Å². The number of primary sulfonamides is 1. The summed E-state index contributed by atoms with van der Waals surface area (Å²) in [5.41, 5.74) is 0. The van der Waals surface area contributed by atoms with Gasteiger partial charge in [0.2, 0.25) is 10.0 Å². The monoisotopic (exact) mass is 321 g/mol. The first kappa shape index (κ1) is 15.9. The van der Waals surface area contributed by atoms with Crippen molar-refractivity contribution in [2.45, 2.75) is 30.4 Å². The highest BCUT2D eigenvalue weighted by atomic mass is 32.2. The second-order valence-electron chi connectivity index (χ2n) is 5.81. The largest absolute Gasteiger partial charge is 0.337 e. The van der Waals surface area contributed by atoms with E-state index in [1.165, 1.54) is 12.8 Å². The first-order valence-corrected chi connectivity index (χ1v) is 9.86. The molecule has 116 valence electrons. The molecular weight excluding hydrogens is 298 g/mol. The summed E-state index contributed by atoms with van der Waals surface area (Å²) in [5, 5.41) is 8.05. The molecule has 6 nitrogen and oxygen atoms in total. The highest BCUT2D eigenvalue weighted by Gasteiger charge is 2.42. The van der Waals surface area contributed by atoms with E-state index in [2.05, 4.69) is 11.6 Å². The minimum Gasteiger partial charge on any atom is -0.337 e. The SMILES string of the molecule is CSC1(CNC(=O)N2CCC(CS(N)(=O)=O)CC2)CC1. The van der Waals surface area contributed by atoms with Gasteiger partial charge in [-0.2, -0.15) is 11.8 Å². The number of carbonyl (C=O) groups is 1. The average molecular weight is 321 g/mol. The molecule has 0 bridgehead atoms. The summed E-state index contributed by atoms with van der Waals surface area (Å²) in [4.78, 5) is 13.8. The van der Waals surface area contributed by atoms with Crippen molar-refractivity contribution in [1.29, 1.82) is 0 Å². The van der Waals surface area contributed by atoms with Gasteiger partial charge in [0.25, 0.3) is 0 Å². The molecule has 0 unspecified atom stereocenters. The molecule has 0 radical (unpaired) electrons. The Morgan fingerprint density at radius 2 is 2.00 bits per heavy atom. The number of urea groups is 1. The van der Waals surface area contributed by atoms with Crippen LogP contribution in [0, 0.1) is 5.92 Å². The van der Waals surface area contributed by atoms with Crippen LogP contribution in [0.15, 0.2) is 0 Å². The maximum absolute atomic E-state index is 12.0. The van der Waals surface area contributed by atoms with Crippen LogP contribution in [0.1, 0.15) is 25.7 Å². The number of carbonyl (C=O) groups excluding carboxylic acids is 1. The molecule has 2 rings (SSSR count). The minimum atomic E-state index is -3.41. The Hall–Kier alpha value is -0.470. The third kappa shape index (κ3) is 4.53. The number of amides is 2. The van der Waals surface area contributed by atoms with Crippen molar-refractivity contribution in [2.24, 2.45) is 11.1 Å². The predicted octanol–water partition coefficient (Wildman–Crippen LogP) is 0.592. The fourth-order valence-corrected chi connectivity index (χ4v) is 4.29. The molecule has 1 aliphatic carbocycles. The number of thioether (sulfide) groups is 1. The highest BCUT2D eigenvalue weighted by molar-refractivity contribution is 8.00. The molecular formula is C12H23N3O3S2. The van der Waals surface area contributed by atoms with Crippen LogP contribution in [0.4, 0.5) is 4.79 Å². The van der Waals surface area contributed by atoms with Gasteiger partial charge in [-0.25, -0.2) is 18.4 Å². The Kier molecular flexibility index (Phi) is 4.86. The summed E-state index contributed by atoms with van der Waals surface area (Å²) in [6, 6.07) is -0.0284. The number of nitrogens with zero attached hydrogens (tertiary/aromatic N) is 1. The van der Waals surface area contributed by atoms with Crippen molar-refractivity contribution in [1.82, 2.24) is 10.2 Å². The highest BCUT2D eigenvalue weighted by Crippen LogP contribution is 2.46. The fourth-order valence-electron chi connectivity index (χ4n) is 2.57. The Labute approximate surface area is 124 Å². The molecule has 1 aliphatic heterocycles. The quantitative estimate of drug-likeness (QED) is 0.775. The van der Waals surface area contributed by atoms with E-state index < -0.39 is 10.0 Å². The van der Waals surface area contributed by atoms with E-state index in [4.69, 9.17) is 5.14 Å². The molecule has 2 fully saturated rings. The standard InChI is InChI=1S/C12H23N3O3S2/c1-19-12(4-5-12)9-14-11(16)15-6-2-10(3-7-15)8-20(13,17)18/h10H,2-9H2,1H3,(H,14,16)(H2,13,17,18). The number of nitrogens with two attached hydrogens (primary N) is 1. The van der Waals surface area contributed by atoms with E-state index >= 15 is 0 Å². The van der Waals surface area contributed by atoms with Crippen LogP contribution in [0.25, 0.3) is 0 Å². The number of hydrogen-bond acceptors (Lipinski definition) is 4. The second-order valence-corrected chi connectivity index (χ2v) is 8.74. The van der Waals surface area contributed by atoms with Gasteiger partial charge in [-0.1, -0.05) is 0 Å². The van der Waals surface area contributed by atoms with Crippen molar-refractivity contribution in [3.8, 4) is 0 Å². The molecule has 8 heteroatoms. The molecule has 0 aromatic rings. The van der Waals surface area contributed by atoms with Crippen molar-refractivity contribution in [3.05, 3.63) is 0 Å². The summed E-state index contributed by atoms with van der Waals surface area (Å²) < 4.78 is 22.4. The topological polar surface area (TPSA) is 92.5 Å². The van der Waals surface area contributed by atoms with Gasteiger partial charge in [-0.05, 0) is 37.9 Å². The second kappa shape index (κ2) is 6.11. The first-order valence-electron chi connectivity index (χ1n) is 6.92. The fraction of sp³-hybridized carbons (Fsp3) is 0.917. The van der Waals surface area contributed by atoms with E-state index in [0.717, 1.165) is 6.54 Å². The molecule has 1 heterocycles. The van der Waals surface area contributed by atoms with Crippen molar-refractivity contribution < 1.29 is 13.2 Å². The van der Waals surface area contributed by atoms with Crippen LogP contribution in [0.5, 0.6) is 0 Å². The molecule has 2 amide bonds. The molecule has 0 atom stereocenters. The maximum Gasteiger partial charge on any atom is 0.317 e. The number of rotatable bonds is 5. The number of sulfonamides is 1. The number of nitrogens with one attached hydrogen (secondary N) is 1. The molecule has 0 spiro atoms. The Balaban J connectivity index is 1.72. The first-order chi connectivity index (χ1) is 9.34. The van der Waals surface area contributed by atoms with Crippen LogP contribution in [-0.2, 0) is 10.0 Å². The smallest absolute Gasteiger partial charge is 0.317 e. The molecule has 3 N–H and O–H groups in total. The lowest BCUT2D eigenvalue weighted by Gasteiger charge is -2.32. The van der Waals surface area contributed by atoms with Gasteiger partial charge >= 0.3 is 6.03 Å². The predicted molar refractivity (Wildman–Crippen MR) is 81.1 cm³/mol. The van der Waals surface area contributed by atoms with Gasteiger partial charge in [-0.3, -0.25) is 0 Å². The summed E-state index contributed by atoms with van der Waals surface area (Å²) in [6.45, 7) is 1.95. The lowest BCUT2D eigenvalue weighted by atomic mass is 9.99. The normalized spacial score (nSPS) is 22.6. The zero-order valence-electron chi connectivity index (χ0n) is 11.8. The zero-order chi connectivity index (χ0) is 14.8. The lowest BCUT2D eigenvalue weighted by molar-refractivity contribution is 0.174. The zero-order valence-corrected chi connectivity index (χ0v) is 13.4. The van der Waals surface area contributed by atoms with Crippen LogP contribution in [-0.4, -0.2) is 55.7 Å². The Morgan fingerprint density at radius 3 is 2.45 bits per heavy atom. The number of piperidine rings is 1.